The molecule has 0 saturated heterocycles. The molecule has 44 heavy (non-hydrogen) atoms. The highest BCUT2D eigenvalue weighted by Crippen LogP contribution is 2.44. The number of para-hydroxylation sites is 1. The number of aromatic nitrogens is 1. The van der Waals surface area contributed by atoms with Gasteiger partial charge in [0, 0.05) is 46.5 Å². The maximum atomic E-state index is 5.50. The summed E-state index contributed by atoms with van der Waals surface area (Å²) in [6.07, 6.45) is 9.03. The van der Waals surface area contributed by atoms with Gasteiger partial charge >= 0.3 is 0 Å². The fourth-order valence-corrected chi connectivity index (χ4v) is 7.46. The van der Waals surface area contributed by atoms with Crippen molar-refractivity contribution in [3.05, 3.63) is 131 Å². The summed E-state index contributed by atoms with van der Waals surface area (Å²) in [6, 6.07) is 39.5. The number of aryl methyl sites for hydroxylation is 2. The Morgan fingerprint density at radius 2 is 1.14 bits per heavy atom. The molecule has 0 aliphatic heterocycles. The fourth-order valence-electron chi connectivity index (χ4n) is 7.24. The molecule has 0 saturated carbocycles. The molecule has 0 unspecified atom stereocenters. The molecule has 0 bridgehead atoms. The van der Waals surface area contributed by atoms with Crippen LogP contribution in [-0.2, 0) is 32.2 Å². The number of hydrogen-bond donors (Lipinski definition) is 2. The van der Waals surface area contributed by atoms with Gasteiger partial charge < -0.3 is 10.6 Å². The van der Waals surface area contributed by atoms with Gasteiger partial charge in [0.05, 0.1) is 0 Å². The van der Waals surface area contributed by atoms with Crippen LogP contribution in [0.25, 0.3) is 33.6 Å². The number of nitrogens with one attached hydrogen (secondary N) is 2. The van der Waals surface area contributed by atoms with Gasteiger partial charge in [-0.2, -0.15) is 4.57 Å². The molecule has 0 spiro atoms. The predicted octanol–water partition coefficient (Wildman–Crippen LogP) is 8.72. The lowest BCUT2D eigenvalue weighted by Gasteiger charge is -2.28. The molecule has 220 valence electrons. The van der Waals surface area contributed by atoms with E-state index in [9.17, 15) is 0 Å². The van der Waals surface area contributed by atoms with E-state index in [1.807, 2.05) is 30.3 Å². The normalized spacial score (nSPS) is 12.8. The molecule has 1 heterocycles. The number of hydrogen-bond acceptors (Lipinski definition) is 1. The number of pyridine rings is 1. The molecule has 3 nitrogen and oxygen atoms in total. The number of rotatable bonds is 9. The van der Waals surface area contributed by atoms with Gasteiger partial charge in [-0.05, 0) is 91.7 Å². The van der Waals surface area contributed by atoms with Crippen LogP contribution in [0.4, 0.5) is 5.69 Å². The Hall–Kier alpha value is -4.28. The van der Waals surface area contributed by atoms with Gasteiger partial charge in [0.25, 0.3) is 0 Å². The fraction of sp³-hybridized carbons (Fsp3) is 0.250. The molecule has 4 heteroatoms. The zero-order valence-electron chi connectivity index (χ0n) is 25.3. The van der Waals surface area contributed by atoms with Gasteiger partial charge in [0.15, 0.2) is 5.11 Å². The van der Waals surface area contributed by atoms with E-state index >= 15 is 0 Å². The highest BCUT2D eigenvalue weighted by atomic mass is 32.1. The zero-order chi connectivity index (χ0) is 29.7. The molecule has 1 aromatic heterocycles. The van der Waals surface area contributed by atoms with Crippen molar-refractivity contribution in [2.24, 2.45) is 0 Å². The molecule has 0 atom stereocenters. The number of nitrogens with zero attached hydrogens (tertiary/aromatic N) is 1. The number of thiocarbonyl (C=S) groups is 1. The molecule has 5 aromatic rings. The second kappa shape index (κ2) is 13.2. The highest BCUT2D eigenvalue weighted by Gasteiger charge is 2.37. The van der Waals surface area contributed by atoms with Crippen LogP contribution in [0.15, 0.2) is 109 Å². The lowest BCUT2D eigenvalue weighted by Crippen LogP contribution is -2.43. The van der Waals surface area contributed by atoms with E-state index in [1.54, 1.807) is 0 Å². The van der Waals surface area contributed by atoms with E-state index in [4.69, 9.17) is 12.2 Å². The summed E-state index contributed by atoms with van der Waals surface area (Å²) in [6.45, 7) is 1.92. The van der Waals surface area contributed by atoms with Gasteiger partial charge in [0.2, 0.25) is 11.4 Å². The molecule has 0 radical (unpaired) electrons. The van der Waals surface area contributed by atoms with Crippen LogP contribution >= 0.6 is 12.2 Å². The summed E-state index contributed by atoms with van der Waals surface area (Å²) in [5.41, 5.74) is 15.6. The average molecular weight is 595 g/mol. The van der Waals surface area contributed by atoms with Crippen molar-refractivity contribution in [1.29, 1.82) is 0 Å². The Labute approximate surface area is 267 Å². The van der Waals surface area contributed by atoms with E-state index in [-0.39, 0.29) is 0 Å². The minimum atomic E-state index is 0.695. The largest absolute Gasteiger partial charge is 0.362 e. The van der Waals surface area contributed by atoms with Gasteiger partial charge in [-0.15, -0.1) is 0 Å². The monoisotopic (exact) mass is 594 g/mol. The van der Waals surface area contributed by atoms with Crippen LogP contribution in [0.2, 0.25) is 0 Å². The Bertz CT molecular complexity index is 1700. The number of benzene rings is 4. The first-order chi connectivity index (χ1) is 21.8. The quantitative estimate of drug-likeness (QED) is 0.102. The molecule has 7 rings (SSSR count). The van der Waals surface area contributed by atoms with Crippen LogP contribution in [0.1, 0.15) is 47.9 Å². The SMILES string of the molecule is S=C(NCCCCCC[n+]1c2c(c(-c3ccccc3)c3c1-c1ccccc1CC3)CCc1ccccc1-2)Nc1ccccc1. The Balaban J connectivity index is 1.17. The standard InChI is InChI=1S/C40H39N3S/c44-40(42-32-19-7-4-8-20-32)41-27-13-1-2-14-28-43-38-33-21-11-9-15-29(33)23-25-35(38)37(31-17-5-3-6-18-31)36-26-24-30-16-10-12-22-34(30)39(36)43/h3-12,15-22H,1-2,13-14,23-28H2,(H-,41,42,44)/p+1. The van der Waals surface area contributed by atoms with E-state index in [0.29, 0.717) is 5.11 Å². The predicted molar refractivity (Wildman–Crippen MR) is 187 cm³/mol. The lowest BCUT2D eigenvalue weighted by molar-refractivity contribution is -0.676. The summed E-state index contributed by atoms with van der Waals surface area (Å²) in [5, 5.41) is 7.35. The molecular weight excluding hydrogens is 555 g/mol. The van der Waals surface area contributed by atoms with Crippen molar-refractivity contribution < 1.29 is 4.57 Å². The first-order valence-electron chi connectivity index (χ1n) is 16.2. The summed E-state index contributed by atoms with van der Waals surface area (Å²) in [5.74, 6) is 0. The van der Waals surface area contributed by atoms with Gasteiger partial charge in [-0.3, -0.25) is 0 Å². The van der Waals surface area contributed by atoms with Crippen molar-refractivity contribution in [3.8, 4) is 33.6 Å². The molecule has 4 aromatic carbocycles. The minimum Gasteiger partial charge on any atom is -0.362 e. The van der Waals surface area contributed by atoms with Crippen LogP contribution in [0.5, 0.6) is 0 Å². The lowest BCUT2D eigenvalue weighted by atomic mass is 9.77. The van der Waals surface area contributed by atoms with Crippen LogP contribution in [0, 0.1) is 0 Å². The van der Waals surface area contributed by atoms with Crippen LogP contribution < -0.4 is 15.2 Å². The third kappa shape index (κ3) is 5.79. The molecular formula is C40H40N3S+. The third-order valence-electron chi connectivity index (χ3n) is 9.24. The Morgan fingerprint density at radius 1 is 0.591 bits per heavy atom. The highest BCUT2D eigenvalue weighted by molar-refractivity contribution is 7.80. The van der Waals surface area contributed by atoms with Gasteiger partial charge in [-0.25, -0.2) is 0 Å². The topological polar surface area (TPSA) is 27.9 Å². The molecule has 2 N–H and O–H groups in total. The number of anilines is 1. The Morgan fingerprint density at radius 3 is 1.77 bits per heavy atom. The maximum absolute atomic E-state index is 5.50. The van der Waals surface area contributed by atoms with E-state index < -0.39 is 0 Å². The second-order valence-electron chi connectivity index (χ2n) is 12.0. The molecule has 2 aliphatic carbocycles. The van der Waals surface area contributed by atoms with Crippen LogP contribution in [-0.4, -0.2) is 11.7 Å². The van der Waals surface area contributed by atoms with Crippen molar-refractivity contribution in [3.63, 3.8) is 0 Å². The Kier molecular flexibility index (Phi) is 8.52. The van der Waals surface area contributed by atoms with Crippen molar-refractivity contribution >= 4 is 23.0 Å². The van der Waals surface area contributed by atoms with E-state index in [2.05, 4.69) is 94.1 Å². The maximum Gasteiger partial charge on any atom is 0.217 e. The van der Waals surface area contributed by atoms with Crippen molar-refractivity contribution in [1.82, 2.24) is 5.32 Å². The van der Waals surface area contributed by atoms with E-state index in [1.165, 1.54) is 68.7 Å². The average Bonchev–Trinajstić information content (AvgIpc) is 3.08. The number of unbranched alkanes of at least 4 members (excludes halogenated alkanes) is 3. The van der Waals surface area contributed by atoms with Gasteiger partial charge in [-0.1, -0.05) is 91.3 Å². The van der Waals surface area contributed by atoms with E-state index in [0.717, 1.165) is 57.3 Å². The number of fused-ring (bicyclic) bond motifs is 6. The summed E-state index contributed by atoms with van der Waals surface area (Å²) >= 11 is 5.50. The summed E-state index contributed by atoms with van der Waals surface area (Å²) in [4.78, 5) is 0. The second-order valence-corrected chi connectivity index (χ2v) is 12.4. The third-order valence-corrected chi connectivity index (χ3v) is 9.48. The van der Waals surface area contributed by atoms with Gasteiger partial charge in [0.1, 0.15) is 6.54 Å². The molecule has 0 fully saturated rings. The first-order valence-corrected chi connectivity index (χ1v) is 16.6. The molecule has 0 amide bonds. The zero-order valence-corrected chi connectivity index (χ0v) is 26.1. The van der Waals surface area contributed by atoms with Crippen molar-refractivity contribution in [2.75, 3.05) is 11.9 Å². The molecule has 2 aliphatic rings. The van der Waals surface area contributed by atoms with Crippen molar-refractivity contribution in [2.45, 2.75) is 57.9 Å². The first kappa shape index (κ1) is 28.5. The minimum absolute atomic E-state index is 0.695. The van der Waals surface area contributed by atoms with Crippen LogP contribution in [0.3, 0.4) is 0 Å². The summed E-state index contributed by atoms with van der Waals surface area (Å²) < 4.78 is 2.73. The summed E-state index contributed by atoms with van der Waals surface area (Å²) in [7, 11) is 0. The smallest absolute Gasteiger partial charge is 0.217 e.